The maximum Gasteiger partial charge on any atom is 0.268 e. The van der Waals surface area contributed by atoms with Crippen LogP contribution in [0.2, 0.25) is 10.2 Å². The number of carbonyl (C=O) groups is 1. The molecule has 0 aliphatic heterocycles. The van der Waals surface area contributed by atoms with Crippen LogP contribution in [0.4, 0.5) is 5.95 Å². The normalized spacial score (nSPS) is 10.3. The number of nitrogens with one attached hydrogen (secondary N) is 2. The minimum atomic E-state index is -0.239. The minimum Gasteiger partial charge on any atom is -0.352 e. The molecular weight excluding hydrogens is 301 g/mol. The van der Waals surface area contributed by atoms with Crippen LogP contribution in [0.1, 0.15) is 10.5 Å². The lowest BCUT2D eigenvalue weighted by Gasteiger charge is -2.07. The van der Waals surface area contributed by atoms with Crippen LogP contribution in [-0.4, -0.2) is 33.5 Å². The molecule has 0 saturated heterocycles. The molecule has 2 rings (SSSR count). The maximum atomic E-state index is 11.9. The van der Waals surface area contributed by atoms with E-state index in [4.69, 9.17) is 23.2 Å². The van der Waals surface area contributed by atoms with E-state index in [-0.39, 0.29) is 5.91 Å². The van der Waals surface area contributed by atoms with E-state index in [2.05, 4.69) is 20.6 Å². The third-order valence-electron chi connectivity index (χ3n) is 2.61. The summed E-state index contributed by atoms with van der Waals surface area (Å²) >= 11 is 11.8. The molecule has 2 aromatic rings. The molecule has 0 aliphatic carbocycles. The van der Waals surface area contributed by atoms with Crippen molar-refractivity contribution in [3.05, 3.63) is 40.4 Å². The highest BCUT2D eigenvalue weighted by Gasteiger charge is 2.14. The molecule has 106 valence electrons. The highest BCUT2D eigenvalue weighted by Crippen LogP contribution is 2.24. The van der Waals surface area contributed by atoms with Crippen molar-refractivity contribution in [1.29, 1.82) is 0 Å². The number of hydrogen-bond donors (Lipinski definition) is 2. The second-order valence-corrected chi connectivity index (χ2v) is 4.75. The molecule has 0 atom stereocenters. The van der Waals surface area contributed by atoms with Crippen LogP contribution >= 0.6 is 23.2 Å². The van der Waals surface area contributed by atoms with Crippen molar-refractivity contribution < 1.29 is 4.79 Å². The van der Waals surface area contributed by atoms with Gasteiger partial charge in [-0.3, -0.25) is 4.79 Å². The van der Waals surface area contributed by atoms with Gasteiger partial charge in [-0.25, -0.2) is 9.97 Å². The van der Waals surface area contributed by atoms with Crippen LogP contribution in [-0.2, 0) is 7.05 Å². The first kappa shape index (κ1) is 14.6. The average Bonchev–Trinajstić information content (AvgIpc) is 2.72. The SMILES string of the molecule is Cn1c(C(=O)NCCNc2ncccn2)cc(Cl)c1Cl. The monoisotopic (exact) mass is 313 g/mol. The van der Waals surface area contributed by atoms with E-state index in [1.54, 1.807) is 25.5 Å². The zero-order valence-corrected chi connectivity index (χ0v) is 12.2. The molecule has 0 fully saturated rings. The molecule has 0 bridgehead atoms. The van der Waals surface area contributed by atoms with Gasteiger partial charge in [-0.05, 0) is 12.1 Å². The Bertz CT molecular complexity index is 599. The quantitative estimate of drug-likeness (QED) is 0.828. The summed E-state index contributed by atoms with van der Waals surface area (Å²) in [6.07, 6.45) is 3.28. The van der Waals surface area contributed by atoms with Gasteiger partial charge in [-0.15, -0.1) is 0 Å². The van der Waals surface area contributed by atoms with Gasteiger partial charge in [0.25, 0.3) is 5.91 Å². The van der Waals surface area contributed by atoms with Crippen LogP contribution in [0, 0.1) is 0 Å². The fourth-order valence-corrected chi connectivity index (χ4v) is 1.97. The van der Waals surface area contributed by atoms with Crippen molar-refractivity contribution in [3.63, 3.8) is 0 Å². The fourth-order valence-electron chi connectivity index (χ4n) is 1.59. The Morgan fingerprint density at radius 2 is 2.00 bits per heavy atom. The summed E-state index contributed by atoms with van der Waals surface area (Å²) in [5.74, 6) is 0.281. The zero-order valence-electron chi connectivity index (χ0n) is 10.7. The summed E-state index contributed by atoms with van der Waals surface area (Å²) < 4.78 is 1.53. The summed E-state index contributed by atoms with van der Waals surface area (Å²) in [5.41, 5.74) is 0.413. The molecule has 0 spiro atoms. The minimum absolute atomic E-state index is 0.239. The number of rotatable bonds is 5. The van der Waals surface area contributed by atoms with E-state index in [0.717, 1.165) is 0 Å². The predicted molar refractivity (Wildman–Crippen MR) is 78.3 cm³/mol. The molecular formula is C12H13Cl2N5O. The van der Waals surface area contributed by atoms with Crippen molar-refractivity contribution in [1.82, 2.24) is 19.9 Å². The average molecular weight is 314 g/mol. The van der Waals surface area contributed by atoms with Crippen molar-refractivity contribution >= 4 is 35.1 Å². The number of aromatic nitrogens is 3. The van der Waals surface area contributed by atoms with Crippen LogP contribution in [0.25, 0.3) is 0 Å². The largest absolute Gasteiger partial charge is 0.352 e. The van der Waals surface area contributed by atoms with Crippen LogP contribution in [0.5, 0.6) is 0 Å². The molecule has 1 amide bonds. The maximum absolute atomic E-state index is 11.9. The summed E-state index contributed by atoms with van der Waals surface area (Å²) in [6.45, 7) is 0.944. The highest BCUT2D eigenvalue weighted by molar-refractivity contribution is 6.41. The molecule has 0 aliphatic rings. The Hall–Kier alpha value is -1.79. The molecule has 20 heavy (non-hydrogen) atoms. The van der Waals surface area contributed by atoms with Crippen molar-refractivity contribution in [2.24, 2.45) is 7.05 Å². The Balaban J connectivity index is 1.82. The Morgan fingerprint density at radius 3 is 2.60 bits per heavy atom. The van der Waals surface area contributed by atoms with Crippen molar-refractivity contribution in [2.45, 2.75) is 0 Å². The summed E-state index contributed by atoms with van der Waals surface area (Å²) in [7, 11) is 1.68. The molecule has 0 radical (unpaired) electrons. The van der Waals surface area contributed by atoms with Crippen LogP contribution < -0.4 is 10.6 Å². The zero-order chi connectivity index (χ0) is 14.5. The second-order valence-electron chi connectivity index (χ2n) is 3.98. The van der Waals surface area contributed by atoms with Gasteiger partial charge >= 0.3 is 0 Å². The second kappa shape index (κ2) is 6.58. The molecule has 2 N–H and O–H groups in total. The molecule has 0 aromatic carbocycles. The molecule has 8 heteroatoms. The lowest BCUT2D eigenvalue weighted by Crippen LogP contribution is -2.30. The lowest BCUT2D eigenvalue weighted by atomic mass is 10.4. The molecule has 6 nitrogen and oxygen atoms in total. The van der Waals surface area contributed by atoms with Crippen LogP contribution in [0.3, 0.4) is 0 Å². The number of carbonyl (C=O) groups excluding carboxylic acids is 1. The Kier molecular flexibility index (Phi) is 4.81. The van der Waals surface area contributed by atoms with Gasteiger partial charge in [0.15, 0.2) is 0 Å². The van der Waals surface area contributed by atoms with Crippen molar-refractivity contribution in [2.75, 3.05) is 18.4 Å². The van der Waals surface area contributed by atoms with Gasteiger partial charge in [0.1, 0.15) is 10.8 Å². The van der Waals surface area contributed by atoms with Gasteiger partial charge in [0, 0.05) is 32.5 Å². The third kappa shape index (κ3) is 3.40. The fraction of sp³-hybridized carbons (Fsp3) is 0.250. The van der Waals surface area contributed by atoms with E-state index in [0.29, 0.717) is 34.9 Å². The first-order valence-electron chi connectivity index (χ1n) is 5.89. The number of anilines is 1. The van der Waals surface area contributed by atoms with Gasteiger partial charge in [-0.2, -0.15) is 0 Å². The molecule has 0 unspecified atom stereocenters. The van der Waals surface area contributed by atoms with Gasteiger partial charge < -0.3 is 15.2 Å². The Labute approximate surface area is 126 Å². The van der Waals surface area contributed by atoms with Crippen molar-refractivity contribution in [3.8, 4) is 0 Å². The van der Waals surface area contributed by atoms with E-state index in [1.807, 2.05) is 0 Å². The number of halogens is 2. The number of nitrogens with zero attached hydrogens (tertiary/aromatic N) is 3. The first-order valence-corrected chi connectivity index (χ1v) is 6.65. The van der Waals surface area contributed by atoms with E-state index in [1.165, 1.54) is 10.6 Å². The first-order chi connectivity index (χ1) is 9.59. The van der Waals surface area contributed by atoms with Crippen LogP contribution in [0.15, 0.2) is 24.5 Å². The molecule has 2 heterocycles. The molecule has 0 saturated carbocycles. The highest BCUT2D eigenvalue weighted by atomic mass is 35.5. The smallest absolute Gasteiger partial charge is 0.268 e. The third-order valence-corrected chi connectivity index (χ3v) is 3.45. The molecule has 2 aromatic heterocycles. The topological polar surface area (TPSA) is 71.8 Å². The van der Waals surface area contributed by atoms with E-state index in [9.17, 15) is 4.79 Å². The van der Waals surface area contributed by atoms with Gasteiger partial charge in [0.2, 0.25) is 5.95 Å². The van der Waals surface area contributed by atoms with E-state index < -0.39 is 0 Å². The number of amides is 1. The van der Waals surface area contributed by atoms with Gasteiger partial charge in [0.05, 0.1) is 5.02 Å². The predicted octanol–water partition coefficient (Wildman–Crippen LogP) is 1.96. The van der Waals surface area contributed by atoms with Gasteiger partial charge in [-0.1, -0.05) is 23.2 Å². The lowest BCUT2D eigenvalue weighted by molar-refractivity contribution is 0.0947. The standard InChI is InChI=1S/C12H13Cl2N5O/c1-19-9(7-8(13)10(19)14)11(20)15-5-6-18-12-16-3-2-4-17-12/h2-4,7H,5-6H2,1H3,(H,15,20)(H,16,17,18). The summed E-state index contributed by atoms with van der Waals surface area (Å²) in [4.78, 5) is 20.0. The Morgan fingerprint density at radius 1 is 1.30 bits per heavy atom. The van der Waals surface area contributed by atoms with E-state index >= 15 is 0 Å². The number of hydrogen-bond acceptors (Lipinski definition) is 4. The summed E-state index contributed by atoms with van der Waals surface area (Å²) in [5, 5.41) is 6.44. The summed E-state index contributed by atoms with van der Waals surface area (Å²) in [6, 6.07) is 3.27.